The Labute approximate surface area is 114 Å². The highest BCUT2D eigenvalue weighted by Gasteiger charge is 2.17. The van der Waals surface area contributed by atoms with E-state index in [0.717, 1.165) is 16.9 Å². The molecule has 0 aliphatic carbocycles. The van der Waals surface area contributed by atoms with Gasteiger partial charge in [-0.1, -0.05) is 12.1 Å². The summed E-state index contributed by atoms with van der Waals surface area (Å²) in [5.41, 5.74) is 3.33. The maximum atomic E-state index is 10.9. The van der Waals surface area contributed by atoms with Crippen molar-refractivity contribution in [3.05, 3.63) is 28.8 Å². The van der Waals surface area contributed by atoms with Crippen LogP contribution in [0.3, 0.4) is 0 Å². The number of carboxylic acid groups (broad SMARTS) is 1. The lowest BCUT2D eigenvalue weighted by atomic mass is 10.1. The predicted molar refractivity (Wildman–Crippen MR) is 73.8 cm³/mol. The van der Waals surface area contributed by atoms with Crippen LogP contribution >= 0.6 is 0 Å². The molecule has 0 bridgehead atoms. The predicted octanol–water partition coefficient (Wildman–Crippen LogP) is 2.87. The zero-order valence-corrected chi connectivity index (χ0v) is 12.0. The Morgan fingerprint density at radius 3 is 2.47 bits per heavy atom. The monoisotopic (exact) mass is 266 g/mol. The fourth-order valence-electron chi connectivity index (χ4n) is 1.89. The van der Waals surface area contributed by atoms with E-state index in [1.165, 1.54) is 5.56 Å². The Bertz CT molecular complexity index is 440. The first-order chi connectivity index (χ1) is 8.97. The first-order valence-corrected chi connectivity index (χ1v) is 6.51. The van der Waals surface area contributed by atoms with Crippen LogP contribution in [0, 0.1) is 20.8 Å². The zero-order valence-electron chi connectivity index (χ0n) is 12.0. The summed E-state index contributed by atoms with van der Waals surface area (Å²) in [5, 5.41) is 8.97. The van der Waals surface area contributed by atoms with Crippen molar-refractivity contribution < 1.29 is 19.4 Å². The van der Waals surface area contributed by atoms with E-state index in [-0.39, 0.29) is 0 Å². The Hall–Kier alpha value is -1.55. The third kappa shape index (κ3) is 4.24. The van der Waals surface area contributed by atoms with Gasteiger partial charge in [0.2, 0.25) is 0 Å². The molecule has 0 aliphatic heterocycles. The summed E-state index contributed by atoms with van der Waals surface area (Å²) in [5.74, 6) is -0.0937. The van der Waals surface area contributed by atoms with Crippen molar-refractivity contribution in [3.63, 3.8) is 0 Å². The zero-order chi connectivity index (χ0) is 14.4. The lowest BCUT2D eigenvalue weighted by Gasteiger charge is -2.16. The summed E-state index contributed by atoms with van der Waals surface area (Å²) in [6.07, 6.45) is -0.453. The van der Waals surface area contributed by atoms with Crippen LogP contribution in [-0.4, -0.2) is 30.4 Å². The van der Waals surface area contributed by atoms with Crippen molar-refractivity contribution in [2.45, 2.75) is 40.2 Å². The van der Waals surface area contributed by atoms with Crippen molar-refractivity contribution in [2.75, 3.05) is 13.2 Å². The van der Waals surface area contributed by atoms with Gasteiger partial charge in [-0.05, 0) is 44.4 Å². The highest BCUT2D eigenvalue weighted by Crippen LogP contribution is 2.25. The van der Waals surface area contributed by atoms with Gasteiger partial charge in [0.25, 0.3) is 0 Å². The SMILES string of the molecule is CCOC(CCOc1c(C)ccc(C)c1C)C(=O)O. The average Bonchev–Trinajstić information content (AvgIpc) is 2.36. The van der Waals surface area contributed by atoms with E-state index in [0.29, 0.717) is 19.6 Å². The number of hydrogen-bond acceptors (Lipinski definition) is 3. The number of benzene rings is 1. The molecular formula is C15H22O4. The topological polar surface area (TPSA) is 55.8 Å². The molecule has 0 saturated carbocycles. The summed E-state index contributed by atoms with van der Waals surface area (Å²) in [6.45, 7) is 8.53. The fraction of sp³-hybridized carbons (Fsp3) is 0.533. The number of aryl methyl sites for hydroxylation is 2. The Kier molecular flexibility index (Phi) is 5.83. The van der Waals surface area contributed by atoms with Gasteiger partial charge in [0, 0.05) is 13.0 Å². The van der Waals surface area contributed by atoms with Crippen LogP contribution in [0.2, 0.25) is 0 Å². The molecule has 1 aromatic carbocycles. The van der Waals surface area contributed by atoms with Crippen LogP contribution < -0.4 is 4.74 Å². The smallest absolute Gasteiger partial charge is 0.332 e. The molecule has 0 spiro atoms. The normalized spacial score (nSPS) is 12.2. The highest BCUT2D eigenvalue weighted by atomic mass is 16.5. The maximum absolute atomic E-state index is 10.9. The minimum absolute atomic E-state index is 0.335. The number of carbonyl (C=O) groups is 1. The number of carboxylic acids is 1. The minimum Gasteiger partial charge on any atom is -0.493 e. The second-order valence-electron chi connectivity index (χ2n) is 4.57. The summed E-state index contributed by atoms with van der Waals surface area (Å²) in [4.78, 5) is 10.9. The summed E-state index contributed by atoms with van der Waals surface area (Å²) < 4.78 is 10.9. The van der Waals surface area contributed by atoms with Crippen LogP contribution in [0.5, 0.6) is 5.75 Å². The standard InChI is InChI=1S/C15H22O4/c1-5-18-13(15(16)17)8-9-19-14-11(3)7-6-10(2)12(14)4/h6-7,13H,5,8-9H2,1-4H3,(H,16,17). The molecule has 0 amide bonds. The summed E-state index contributed by atoms with van der Waals surface area (Å²) >= 11 is 0. The van der Waals surface area contributed by atoms with E-state index in [4.69, 9.17) is 14.6 Å². The Balaban J connectivity index is 2.62. The van der Waals surface area contributed by atoms with Gasteiger partial charge >= 0.3 is 5.97 Å². The van der Waals surface area contributed by atoms with Crippen LogP contribution in [-0.2, 0) is 9.53 Å². The van der Waals surface area contributed by atoms with Gasteiger partial charge in [-0.25, -0.2) is 4.79 Å². The van der Waals surface area contributed by atoms with Crippen LogP contribution in [0.4, 0.5) is 0 Å². The third-order valence-corrected chi connectivity index (χ3v) is 3.14. The van der Waals surface area contributed by atoms with Crippen molar-refractivity contribution in [2.24, 2.45) is 0 Å². The van der Waals surface area contributed by atoms with Gasteiger partial charge < -0.3 is 14.6 Å². The van der Waals surface area contributed by atoms with Crippen molar-refractivity contribution in [1.82, 2.24) is 0 Å². The highest BCUT2D eigenvalue weighted by molar-refractivity contribution is 5.72. The minimum atomic E-state index is -0.942. The molecule has 0 radical (unpaired) electrons. The van der Waals surface area contributed by atoms with Crippen LogP contribution in [0.15, 0.2) is 12.1 Å². The largest absolute Gasteiger partial charge is 0.493 e. The molecule has 4 heteroatoms. The first-order valence-electron chi connectivity index (χ1n) is 6.51. The molecule has 1 rings (SSSR count). The Morgan fingerprint density at radius 2 is 1.89 bits per heavy atom. The van der Waals surface area contributed by atoms with Gasteiger partial charge in [-0.3, -0.25) is 0 Å². The van der Waals surface area contributed by atoms with E-state index >= 15 is 0 Å². The number of ether oxygens (including phenoxy) is 2. The summed E-state index contributed by atoms with van der Waals surface area (Å²) in [7, 11) is 0. The molecule has 0 heterocycles. The fourth-order valence-corrected chi connectivity index (χ4v) is 1.89. The van der Waals surface area contributed by atoms with Gasteiger partial charge in [0.15, 0.2) is 6.10 Å². The third-order valence-electron chi connectivity index (χ3n) is 3.14. The quantitative estimate of drug-likeness (QED) is 0.824. The summed E-state index contributed by atoms with van der Waals surface area (Å²) in [6, 6.07) is 4.06. The second-order valence-corrected chi connectivity index (χ2v) is 4.57. The molecule has 0 aromatic heterocycles. The molecule has 1 aromatic rings. The van der Waals surface area contributed by atoms with Gasteiger partial charge in [-0.2, -0.15) is 0 Å². The molecule has 19 heavy (non-hydrogen) atoms. The molecule has 0 aliphatic rings. The molecule has 1 N–H and O–H groups in total. The first kappa shape index (κ1) is 15.5. The molecule has 0 saturated heterocycles. The second kappa shape index (κ2) is 7.14. The van der Waals surface area contributed by atoms with Gasteiger partial charge in [-0.15, -0.1) is 0 Å². The molecular weight excluding hydrogens is 244 g/mol. The van der Waals surface area contributed by atoms with Gasteiger partial charge in [0.05, 0.1) is 6.61 Å². The van der Waals surface area contributed by atoms with E-state index in [1.54, 1.807) is 6.92 Å². The maximum Gasteiger partial charge on any atom is 0.332 e. The van der Waals surface area contributed by atoms with E-state index in [2.05, 4.69) is 6.07 Å². The lowest BCUT2D eigenvalue weighted by molar-refractivity contribution is -0.150. The Morgan fingerprint density at radius 1 is 1.26 bits per heavy atom. The molecule has 106 valence electrons. The van der Waals surface area contributed by atoms with Crippen molar-refractivity contribution >= 4 is 5.97 Å². The lowest BCUT2D eigenvalue weighted by Crippen LogP contribution is -2.26. The molecule has 0 fully saturated rings. The van der Waals surface area contributed by atoms with E-state index in [9.17, 15) is 4.79 Å². The van der Waals surface area contributed by atoms with Crippen molar-refractivity contribution in [3.8, 4) is 5.75 Å². The average molecular weight is 266 g/mol. The molecule has 1 atom stereocenters. The van der Waals surface area contributed by atoms with Crippen LogP contribution in [0.25, 0.3) is 0 Å². The molecule has 4 nitrogen and oxygen atoms in total. The van der Waals surface area contributed by atoms with E-state index in [1.807, 2.05) is 26.8 Å². The van der Waals surface area contributed by atoms with Crippen molar-refractivity contribution in [1.29, 1.82) is 0 Å². The number of aliphatic carboxylic acids is 1. The van der Waals surface area contributed by atoms with Crippen LogP contribution in [0.1, 0.15) is 30.0 Å². The number of hydrogen-bond donors (Lipinski definition) is 1. The van der Waals surface area contributed by atoms with Gasteiger partial charge in [0.1, 0.15) is 5.75 Å². The van der Waals surface area contributed by atoms with E-state index < -0.39 is 12.1 Å². The number of rotatable bonds is 7. The molecule has 1 unspecified atom stereocenters.